The van der Waals surface area contributed by atoms with Crippen LogP contribution < -0.4 is 5.73 Å². The maximum Gasteiger partial charge on any atom is 0.0802 e. The van der Waals surface area contributed by atoms with E-state index in [9.17, 15) is 0 Å². The summed E-state index contributed by atoms with van der Waals surface area (Å²) in [5, 5.41) is 0. The molecule has 0 fully saturated rings. The highest BCUT2D eigenvalue weighted by Crippen LogP contribution is 2.36. The molecule has 2 heteroatoms. The molecule has 3 atom stereocenters. The molecule has 1 aliphatic carbocycles. The van der Waals surface area contributed by atoms with Gasteiger partial charge in [0.2, 0.25) is 0 Å². The Bertz CT molecular complexity index is 431. The molecule has 0 saturated carbocycles. The molecule has 1 aliphatic rings. The average molecular weight is 275 g/mol. The van der Waals surface area contributed by atoms with Gasteiger partial charge in [-0.25, -0.2) is 0 Å². The highest BCUT2D eigenvalue weighted by molar-refractivity contribution is 5.32. The van der Waals surface area contributed by atoms with Crippen LogP contribution in [0.2, 0.25) is 0 Å². The summed E-state index contributed by atoms with van der Waals surface area (Å²) in [4.78, 5) is 0. The van der Waals surface area contributed by atoms with Gasteiger partial charge in [0, 0.05) is 12.6 Å². The quantitative estimate of drug-likeness (QED) is 0.850. The molecule has 1 aromatic carbocycles. The molecule has 112 valence electrons. The summed E-state index contributed by atoms with van der Waals surface area (Å²) in [5.74, 6) is 0.598. The molecule has 2 rings (SSSR count). The molecule has 2 N–H and O–H groups in total. The van der Waals surface area contributed by atoms with Crippen molar-refractivity contribution >= 4 is 0 Å². The van der Waals surface area contributed by atoms with Crippen molar-refractivity contribution in [3.63, 3.8) is 0 Å². The second-order valence-corrected chi connectivity index (χ2v) is 6.23. The van der Waals surface area contributed by atoms with Crippen LogP contribution in [0.25, 0.3) is 0 Å². The molecule has 0 amide bonds. The summed E-state index contributed by atoms with van der Waals surface area (Å²) >= 11 is 0. The number of rotatable bonds is 6. The summed E-state index contributed by atoms with van der Waals surface area (Å²) in [6.45, 7) is 7.12. The van der Waals surface area contributed by atoms with Gasteiger partial charge in [-0.1, -0.05) is 31.2 Å². The molecule has 0 aromatic heterocycles. The van der Waals surface area contributed by atoms with Gasteiger partial charge in [-0.2, -0.15) is 0 Å². The van der Waals surface area contributed by atoms with E-state index >= 15 is 0 Å². The zero-order chi connectivity index (χ0) is 14.6. The maximum absolute atomic E-state index is 6.51. The van der Waals surface area contributed by atoms with Crippen LogP contribution in [0, 0.1) is 0 Å². The Labute approximate surface area is 123 Å². The SMILES string of the molecule is CCOC(C)(CC)C(N)CC1CCCc2ccccc21. The van der Waals surface area contributed by atoms with Crippen molar-refractivity contribution in [1.82, 2.24) is 0 Å². The van der Waals surface area contributed by atoms with Gasteiger partial charge in [-0.15, -0.1) is 0 Å². The minimum atomic E-state index is -0.193. The van der Waals surface area contributed by atoms with Gasteiger partial charge in [0.1, 0.15) is 0 Å². The molecule has 2 nitrogen and oxygen atoms in total. The van der Waals surface area contributed by atoms with Crippen molar-refractivity contribution in [2.24, 2.45) is 5.73 Å². The van der Waals surface area contributed by atoms with Gasteiger partial charge >= 0.3 is 0 Å². The molecule has 20 heavy (non-hydrogen) atoms. The van der Waals surface area contributed by atoms with Crippen LogP contribution in [0.5, 0.6) is 0 Å². The van der Waals surface area contributed by atoms with E-state index in [2.05, 4.69) is 45.0 Å². The largest absolute Gasteiger partial charge is 0.374 e. The lowest BCUT2D eigenvalue weighted by Gasteiger charge is -2.37. The molecule has 0 aliphatic heterocycles. The van der Waals surface area contributed by atoms with Crippen LogP contribution >= 0.6 is 0 Å². The predicted octanol–water partition coefficient (Wildman–Crippen LogP) is 4.03. The number of ether oxygens (including phenoxy) is 1. The summed E-state index contributed by atoms with van der Waals surface area (Å²) < 4.78 is 5.94. The smallest absolute Gasteiger partial charge is 0.0802 e. The topological polar surface area (TPSA) is 35.2 Å². The van der Waals surface area contributed by atoms with Crippen LogP contribution in [0.4, 0.5) is 0 Å². The van der Waals surface area contributed by atoms with Gasteiger partial charge < -0.3 is 10.5 Å². The minimum Gasteiger partial charge on any atom is -0.374 e. The summed E-state index contributed by atoms with van der Waals surface area (Å²) in [7, 11) is 0. The van der Waals surface area contributed by atoms with E-state index in [0.717, 1.165) is 19.4 Å². The molecule has 3 unspecified atom stereocenters. The third-order valence-corrected chi connectivity index (χ3v) is 4.99. The third-order valence-electron chi connectivity index (χ3n) is 4.99. The van der Waals surface area contributed by atoms with Crippen molar-refractivity contribution in [3.05, 3.63) is 35.4 Å². The van der Waals surface area contributed by atoms with Gasteiger partial charge in [0.15, 0.2) is 0 Å². The summed E-state index contributed by atoms with van der Waals surface area (Å²) in [6.07, 6.45) is 5.76. The van der Waals surface area contributed by atoms with Crippen LogP contribution in [0.1, 0.15) is 63.5 Å². The highest BCUT2D eigenvalue weighted by atomic mass is 16.5. The fourth-order valence-corrected chi connectivity index (χ4v) is 3.46. The van der Waals surface area contributed by atoms with Crippen molar-refractivity contribution in [2.75, 3.05) is 6.61 Å². The first-order chi connectivity index (χ1) is 9.60. The van der Waals surface area contributed by atoms with Gasteiger partial charge in [0.25, 0.3) is 0 Å². The van der Waals surface area contributed by atoms with E-state index in [1.54, 1.807) is 0 Å². The fourth-order valence-electron chi connectivity index (χ4n) is 3.46. The third kappa shape index (κ3) is 3.24. The summed E-state index contributed by atoms with van der Waals surface area (Å²) in [6, 6.07) is 8.97. The van der Waals surface area contributed by atoms with Crippen molar-refractivity contribution in [2.45, 2.75) is 70.4 Å². The summed E-state index contributed by atoms with van der Waals surface area (Å²) in [5.41, 5.74) is 9.36. The zero-order valence-corrected chi connectivity index (χ0v) is 13.2. The molecule has 0 spiro atoms. The average Bonchev–Trinajstić information content (AvgIpc) is 2.47. The Morgan fingerprint density at radius 1 is 1.35 bits per heavy atom. The number of hydrogen-bond acceptors (Lipinski definition) is 2. The van der Waals surface area contributed by atoms with E-state index in [4.69, 9.17) is 10.5 Å². The molecule has 1 aromatic rings. The van der Waals surface area contributed by atoms with E-state index < -0.39 is 0 Å². The molecule has 0 radical (unpaired) electrons. The second kappa shape index (κ2) is 6.73. The lowest BCUT2D eigenvalue weighted by molar-refractivity contribution is -0.0495. The number of aryl methyl sites for hydroxylation is 1. The second-order valence-electron chi connectivity index (χ2n) is 6.23. The van der Waals surface area contributed by atoms with Crippen molar-refractivity contribution < 1.29 is 4.74 Å². The van der Waals surface area contributed by atoms with Crippen molar-refractivity contribution in [3.8, 4) is 0 Å². The molecular formula is C18H29NO. The Balaban J connectivity index is 2.11. The Kier molecular flexibility index (Phi) is 5.22. The normalized spacial score (nSPS) is 22.9. The van der Waals surface area contributed by atoms with E-state index in [0.29, 0.717) is 5.92 Å². The first-order valence-electron chi connectivity index (χ1n) is 8.08. The van der Waals surface area contributed by atoms with Gasteiger partial charge in [-0.05, 0) is 63.0 Å². The zero-order valence-electron chi connectivity index (χ0n) is 13.2. The number of hydrogen-bond donors (Lipinski definition) is 1. The van der Waals surface area contributed by atoms with Gasteiger partial charge in [-0.3, -0.25) is 0 Å². The molecule has 0 bridgehead atoms. The van der Waals surface area contributed by atoms with Crippen LogP contribution in [-0.4, -0.2) is 18.2 Å². The van der Waals surface area contributed by atoms with E-state index in [1.165, 1.54) is 30.4 Å². The van der Waals surface area contributed by atoms with E-state index in [-0.39, 0.29) is 11.6 Å². The Hall–Kier alpha value is -0.860. The van der Waals surface area contributed by atoms with E-state index in [1.807, 2.05) is 0 Å². The van der Waals surface area contributed by atoms with Crippen LogP contribution in [-0.2, 0) is 11.2 Å². The first kappa shape index (κ1) is 15.5. The Morgan fingerprint density at radius 2 is 2.10 bits per heavy atom. The monoisotopic (exact) mass is 275 g/mol. The maximum atomic E-state index is 6.51. The molecular weight excluding hydrogens is 246 g/mol. The lowest BCUT2D eigenvalue weighted by Crippen LogP contribution is -2.48. The molecule has 0 saturated heterocycles. The number of nitrogens with two attached hydrogens (primary N) is 1. The van der Waals surface area contributed by atoms with Crippen molar-refractivity contribution in [1.29, 1.82) is 0 Å². The predicted molar refractivity (Wildman–Crippen MR) is 85.0 cm³/mol. The first-order valence-corrected chi connectivity index (χ1v) is 8.08. The molecule has 0 heterocycles. The fraction of sp³-hybridized carbons (Fsp3) is 0.667. The van der Waals surface area contributed by atoms with Crippen LogP contribution in [0.3, 0.4) is 0 Å². The number of fused-ring (bicyclic) bond motifs is 1. The Morgan fingerprint density at radius 3 is 2.80 bits per heavy atom. The van der Waals surface area contributed by atoms with Crippen LogP contribution in [0.15, 0.2) is 24.3 Å². The number of benzene rings is 1. The standard InChI is InChI=1S/C18H29NO/c1-4-18(3,20-5-2)17(19)13-15-11-8-10-14-9-6-7-12-16(14)15/h6-7,9,12,15,17H,4-5,8,10-11,13,19H2,1-3H3. The lowest BCUT2D eigenvalue weighted by atomic mass is 9.77. The minimum absolute atomic E-state index is 0.101. The van der Waals surface area contributed by atoms with Gasteiger partial charge in [0.05, 0.1) is 5.60 Å². The highest BCUT2D eigenvalue weighted by Gasteiger charge is 2.33.